The van der Waals surface area contributed by atoms with Crippen molar-refractivity contribution in [3.05, 3.63) is 65.2 Å². The summed E-state index contributed by atoms with van der Waals surface area (Å²) >= 11 is 0. The molecule has 5 nitrogen and oxygen atoms in total. The summed E-state index contributed by atoms with van der Waals surface area (Å²) in [5, 5.41) is 0. The van der Waals surface area contributed by atoms with E-state index in [1.165, 1.54) is 19.3 Å². The lowest BCUT2D eigenvalue weighted by atomic mass is 9.69. The summed E-state index contributed by atoms with van der Waals surface area (Å²) in [7, 11) is 1.54. The van der Waals surface area contributed by atoms with Crippen LogP contribution in [0.2, 0.25) is 0 Å². The van der Waals surface area contributed by atoms with Crippen molar-refractivity contribution in [2.75, 3.05) is 7.11 Å². The van der Waals surface area contributed by atoms with Gasteiger partial charge in [-0.1, -0.05) is 30.3 Å². The second kappa shape index (κ2) is 8.61. The third-order valence-electron chi connectivity index (χ3n) is 7.91. The first kappa shape index (κ1) is 21.0. The normalized spacial score (nSPS) is 30.4. The molecule has 0 heterocycles. The van der Waals surface area contributed by atoms with Gasteiger partial charge in [0.25, 0.3) is 0 Å². The second-order valence-electron chi connectivity index (χ2n) is 9.54. The van der Waals surface area contributed by atoms with E-state index in [9.17, 15) is 9.59 Å². The van der Waals surface area contributed by atoms with Gasteiger partial charge in [0.15, 0.2) is 0 Å². The number of hydrogen-bond acceptors (Lipinski definition) is 5. The quantitative estimate of drug-likeness (QED) is 0.605. The fourth-order valence-electron chi connectivity index (χ4n) is 6.37. The molecule has 32 heavy (non-hydrogen) atoms. The van der Waals surface area contributed by atoms with Crippen LogP contribution >= 0.6 is 0 Å². The van der Waals surface area contributed by atoms with Crippen LogP contribution in [0.15, 0.2) is 48.5 Å². The summed E-state index contributed by atoms with van der Waals surface area (Å²) in [4.78, 5) is 26.1. The first-order valence-corrected chi connectivity index (χ1v) is 11.7. The first-order valence-electron chi connectivity index (χ1n) is 11.7. The molecule has 3 aliphatic rings. The van der Waals surface area contributed by atoms with Crippen LogP contribution in [0.1, 0.15) is 58.4 Å². The SMILES string of the molecule is COc1ccccc1C(=O)OC1CC2C3CCC(C3)C2CC1OC(=O)c1ccccc1C. The summed E-state index contributed by atoms with van der Waals surface area (Å²) in [6.07, 6.45) is 4.47. The molecule has 0 saturated heterocycles. The molecule has 0 amide bonds. The molecule has 0 N–H and O–H groups in total. The van der Waals surface area contributed by atoms with Crippen molar-refractivity contribution in [3.63, 3.8) is 0 Å². The van der Waals surface area contributed by atoms with Crippen molar-refractivity contribution >= 4 is 11.9 Å². The maximum atomic E-state index is 13.1. The number of hydrogen-bond donors (Lipinski definition) is 0. The van der Waals surface area contributed by atoms with Crippen LogP contribution in [-0.2, 0) is 9.47 Å². The van der Waals surface area contributed by atoms with E-state index in [-0.39, 0.29) is 5.97 Å². The van der Waals surface area contributed by atoms with Crippen molar-refractivity contribution in [2.24, 2.45) is 23.7 Å². The molecule has 3 fully saturated rings. The predicted molar refractivity (Wildman–Crippen MR) is 120 cm³/mol. The lowest BCUT2D eigenvalue weighted by molar-refractivity contribution is -0.0823. The highest BCUT2D eigenvalue weighted by atomic mass is 16.6. The Morgan fingerprint density at radius 1 is 0.750 bits per heavy atom. The number of carbonyl (C=O) groups excluding carboxylic acids is 2. The van der Waals surface area contributed by atoms with Gasteiger partial charge in [0.2, 0.25) is 0 Å². The zero-order chi connectivity index (χ0) is 22.2. The van der Waals surface area contributed by atoms with E-state index in [0.29, 0.717) is 34.6 Å². The summed E-state index contributed by atoms with van der Waals surface area (Å²) in [6.45, 7) is 1.91. The van der Waals surface area contributed by atoms with E-state index >= 15 is 0 Å². The molecule has 5 rings (SSSR count). The number of carbonyl (C=O) groups is 2. The Bertz CT molecular complexity index is 1010. The Balaban J connectivity index is 1.38. The molecule has 3 saturated carbocycles. The van der Waals surface area contributed by atoms with Crippen molar-refractivity contribution in [2.45, 2.75) is 51.2 Å². The molecule has 0 aliphatic heterocycles. The third kappa shape index (κ3) is 3.78. The maximum absolute atomic E-state index is 13.1. The molecule has 2 aromatic rings. The van der Waals surface area contributed by atoms with E-state index < -0.39 is 18.2 Å². The van der Waals surface area contributed by atoms with Gasteiger partial charge in [-0.2, -0.15) is 0 Å². The van der Waals surface area contributed by atoms with Crippen LogP contribution < -0.4 is 4.74 Å². The van der Waals surface area contributed by atoms with Gasteiger partial charge < -0.3 is 14.2 Å². The van der Waals surface area contributed by atoms with E-state index in [2.05, 4.69) is 0 Å². The number of aryl methyl sites for hydroxylation is 1. The fourth-order valence-corrected chi connectivity index (χ4v) is 6.37. The Hall–Kier alpha value is -2.82. The van der Waals surface area contributed by atoms with Gasteiger partial charge in [0.1, 0.15) is 23.5 Å². The standard InChI is InChI=1S/C27H30O5/c1-16-7-3-4-8-19(16)26(28)31-24-14-21-17-11-12-18(13-17)22(21)15-25(24)32-27(29)20-9-5-6-10-23(20)30-2/h3-10,17-18,21-22,24-25H,11-15H2,1-2H3. The van der Waals surface area contributed by atoms with Crippen molar-refractivity contribution in [1.29, 1.82) is 0 Å². The molecular formula is C27H30O5. The van der Waals surface area contributed by atoms with E-state index in [4.69, 9.17) is 14.2 Å². The number of para-hydroxylation sites is 1. The molecular weight excluding hydrogens is 404 g/mol. The van der Waals surface area contributed by atoms with Crippen molar-refractivity contribution in [1.82, 2.24) is 0 Å². The van der Waals surface area contributed by atoms with Gasteiger partial charge in [-0.05, 0) is 86.5 Å². The number of esters is 2. The fraction of sp³-hybridized carbons (Fsp3) is 0.481. The molecule has 6 unspecified atom stereocenters. The molecule has 3 aliphatic carbocycles. The number of rotatable bonds is 5. The maximum Gasteiger partial charge on any atom is 0.342 e. The van der Waals surface area contributed by atoms with Crippen LogP contribution in [0.5, 0.6) is 5.75 Å². The highest BCUT2D eigenvalue weighted by Crippen LogP contribution is 2.58. The monoisotopic (exact) mass is 434 g/mol. The van der Waals surface area contributed by atoms with Crippen molar-refractivity contribution in [3.8, 4) is 5.75 Å². The number of benzene rings is 2. The Kier molecular flexibility index (Phi) is 5.66. The molecule has 2 bridgehead atoms. The topological polar surface area (TPSA) is 61.8 Å². The lowest BCUT2D eigenvalue weighted by Crippen LogP contribution is -2.45. The van der Waals surface area contributed by atoms with Gasteiger partial charge in [-0.3, -0.25) is 0 Å². The summed E-state index contributed by atoms with van der Waals surface area (Å²) < 4.78 is 17.4. The molecule has 5 heteroatoms. The van der Waals surface area contributed by atoms with Crippen LogP contribution in [0.4, 0.5) is 0 Å². The smallest absolute Gasteiger partial charge is 0.342 e. The van der Waals surface area contributed by atoms with Gasteiger partial charge in [0.05, 0.1) is 12.7 Å². The van der Waals surface area contributed by atoms with Gasteiger partial charge in [-0.15, -0.1) is 0 Å². The predicted octanol–water partition coefficient (Wildman–Crippen LogP) is 5.21. The first-order chi connectivity index (χ1) is 15.5. The largest absolute Gasteiger partial charge is 0.496 e. The zero-order valence-corrected chi connectivity index (χ0v) is 18.7. The third-order valence-corrected chi connectivity index (χ3v) is 7.91. The summed E-state index contributed by atoms with van der Waals surface area (Å²) in [6, 6.07) is 14.5. The minimum atomic E-state index is -0.444. The minimum Gasteiger partial charge on any atom is -0.496 e. The van der Waals surface area contributed by atoms with Crippen LogP contribution in [0.25, 0.3) is 0 Å². The Labute approximate surface area is 189 Å². The molecule has 0 spiro atoms. The average molecular weight is 435 g/mol. The molecule has 168 valence electrons. The highest BCUT2D eigenvalue weighted by Gasteiger charge is 2.53. The molecule has 6 atom stereocenters. The Morgan fingerprint density at radius 2 is 1.28 bits per heavy atom. The van der Waals surface area contributed by atoms with Gasteiger partial charge in [0, 0.05) is 0 Å². The highest BCUT2D eigenvalue weighted by molar-refractivity contribution is 5.93. The molecule has 2 aromatic carbocycles. The number of fused-ring (bicyclic) bond motifs is 5. The van der Waals surface area contributed by atoms with Gasteiger partial charge in [-0.25, -0.2) is 9.59 Å². The van der Waals surface area contributed by atoms with Crippen LogP contribution in [0.3, 0.4) is 0 Å². The molecule has 0 aromatic heterocycles. The number of methoxy groups -OCH3 is 1. The van der Waals surface area contributed by atoms with Crippen LogP contribution in [-0.4, -0.2) is 31.3 Å². The number of ether oxygens (including phenoxy) is 3. The minimum absolute atomic E-state index is 0.340. The van der Waals surface area contributed by atoms with E-state index in [1.807, 2.05) is 31.2 Å². The van der Waals surface area contributed by atoms with Gasteiger partial charge >= 0.3 is 11.9 Å². The van der Waals surface area contributed by atoms with Crippen molar-refractivity contribution < 1.29 is 23.8 Å². The zero-order valence-electron chi connectivity index (χ0n) is 18.7. The average Bonchev–Trinajstić information content (AvgIpc) is 3.42. The van der Waals surface area contributed by atoms with E-state index in [1.54, 1.807) is 31.4 Å². The Morgan fingerprint density at radius 3 is 1.88 bits per heavy atom. The lowest BCUT2D eigenvalue weighted by Gasteiger charge is -2.42. The summed E-state index contributed by atoms with van der Waals surface area (Å²) in [5.74, 6) is 2.27. The molecule has 0 radical (unpaired) electrons. The summed E-state index contributed by atoms with van der Waals surface area (Å²) in [5.41, 5.74) is 1.85. The van der Waals surface area contributed by atoms with E-state index in [0.717, 1.165) is 24.3 Å². The second-order valence-corrected chi connectivity index (χ2v) is 9.54. The van der Waals surface area contributed by atoms with Crippen LogP contribution in [0, 0.1) is 30.6 Å².